The van der Waals surface area contributed by atoms with Crippen molar-refractivity contribution in [1.29, 1.82) is 0 Å². The van der Waals surface area contributed by atoms with Crippen molar-refractivity contribution < 1.29 is 28.2 Å². The third-order valence-electron chi connectivity index (χ3n) is 6.96. The summed E-state index contributed by atoms with van der Waals surface area (Å²) in [5.74, 6) is 0.176. The largest absolute Gasteiger partial charge is 0.509 e. The lowest BCUT2D eigenvalue weighted by molar-refractivity contribution is -0.127. The predicted molar refractivity (Wildman–Crippen MR) is 161 cm³/mol. The number of fused-ring (bicyclic) bond motifs is 1. The standard InChI is InChI=1S/C29H44N3O6PS/c1-9-38-24-21-19(17-18(22(24)33)13-11-10-12-16-40(8,36)37)39-31-26(30-21)20-23(34)25(29(5,6)7)32(27(20)35)15-14-28(2,3)4/h17,25,33-34H,9-16H2,1-8H3. The molecule has 2 heterocycles. The average Bonchev–Trinajstić information content (AvgIpc) is 3.08. The number of rotatable bonds is 11. The van der Waals surface area contributed by atoms with Crippen LogP contribution < -0.4 is 4.74 Å². The van der Waals surface area contributed by atoms with Gasteiger partial charge in [0.15, 0.2) is 17.3 Å². The molecule has 1 aromatic heterocycles. The van der Waals surface area contributed by atoms with Crippen molar-refractivity contribution >= 4 is 40.3 Å². The van der Waals surface area contributed by atoms with Crippen LogP contribution in [0, 0.1) is 10.8 Å². The normalized spacial score (nSPS) is 17.1. The van der Waals surface area contributed by atoms with Crippen LogP contribution in [-0.4, -0.2) is 70.4 Å². The summed E-state index contributed by atoms with van der Waals surface area (Å²) in [5.41, 5.74) is 0.794. The van der Waals surface area contributed by atoms with Gasteiger partial charge in [-0.1, -0.05) is 48.0 Å². The van der Waals surface area contributed by atoms with E-state index in [1.54, 1.807) is 4.90 Å². The Kier molecular flexibility index (Phi) is 9.78. The van der Waals surface area contributed by atoms with Gasteiger partial charge in [-0.2, -0.15) is 0 Å². The quantitative estimate of drug-likeness (QED) is 0.302. The molecule has 0 spiro atoms. The van der Waals surface area contributed by atoms with E-state index in [1.165, 1.54) is 6.26 Å². The molecule has 0 fully saturated rings. The first-order valence-electron chi connectivity index (χ1n) is 13.9. The fourth-order valence-electron chi connectivity index (χ4n) is 4.95. The molecule has 1 aliphatic rings. The van der Waals surface area contributed by atoms with Crippen LogP contribution in [0.4, 0.5) is 0 Å². The monoisotopic (exact) mass is 593 g/mol. The van der Waals surface area contributed by atoms with Gasteiger partial charge in [-0.05, 0) is 55.1 Å². The molecule has 222 valence electrons. The van der Waals surface area contributed by atoms with Crippen LogP contribution in [0.1, 0.15) is 85.5 Å². The zero-order valence-electron chi connectivity index (χ0n) is 25.0. The first-order valence-corrected chi connectivity index (χ1v) is 16.8. The molecule has 0 bridgehead atoms. The van der Waals surface area contributed by atoms with Crippen LogP contribution in [0.3, 0.4) is 0 Å². The SMILES string of the molecule is CCOc1c(O)c(CCCCCS(C)(=O)=O)cc2pnc(C3=C(O)C(C(C)(C)C)N(CCC(C)(C)C)C3=O)nc12. The number of aliphatic hydroxyl groups excluding tert-OH is 1. The number of phenols is 1. The number of sulfone groups is 1. The van der Waals surface area contributed by atoms with Crippen molar-refractivity contribution in [3.05, 3.63) is 23.2 Å². The van der Waals surface area contributed by atoms with Crippen LogP contribution in [0.25, 0.3) is 16.2 Å². The fraction of sp³-hybridized carbons (Fsp3) is 0.655. The molecule has 11 heteroatoms. The summed E-state index contributed by atoms with van der Waals surface area (Å²) in [7, 11) is -2.47. The van der Waals surface area contributed by atoms with Gasteiger partial charge < -0.3 is 19.8 Å². The van der Waals surface area contributed by atoms with Crippen LogP contribution in [-0.2, 0) is 21.1 Å². The maximum Gasteiger partial charge on any atom is 0.261 e. The summed E-state index contributed by atoms with van der Waals surface area (Å²) in [4.78, 5) is 20.1. The molecule has 2 N–H and O–H groups in total. The average molecular weight is 594 g/mol. The Hall–Kier alpha value is -2.45. The molecule has 1 aromatic carbocycles. The van der Waals surface area contributed by atoms with Gasteiger partial charge in [0.05, 0.1) is 26.1 Å². The summed E-state index contributed by atoms with van der Waals surface area (Å²) in [6.45, 7) is 15.0. The van der Waals surface area contributed by atoms with E-state index in [-0.39, 0.29) is 45.7 Å². The third-order valence-corrected chi connectivity index (χ3v) is 8.83. The van der Waals surface area contributed by atoms with E-state index in [4.69, 9.17) is 4.74 Å². The minimum atomic E-state index is -3.00. The molecule has 2 aromatic rings. The number of aromatic hydroxyl groups is 1. The molecule has 40 heavy (non-hydrogen) atoms. The highest BCUT2D eigenvalue weighted by molar-refractivity contribution is 7.90. The van der Waals surface area contributed by atoms with E-state index >= 15 is 0 Å². The molecular formula is C29H44N3O6PS. The van der Waals surface area contributed by atoms with Crippen molar-refractivity contribution in [2.45, 2.75) is 86.6 Å². The van der Waals surface area contributed by atoms with Gasteiger partial charge >= 0.3 is 0 Å². The maximum atomic E-state index is 13.7. The number of carbonyl (C=O) groups excluding carboxylic acids is 1. The Bertz CT molecular complexity index is 1390. The van der Waals surface area contributed by atoms with Crippen LogP contribution in [0.2, 0.25) is 0 Å². The number of hydrogen-bond acceptors (Lipinski definition) is 8. The molecule has 1 atom stereocenters. The van der Waals surface area contributed by atoms with Crippen molar-refractivity contribution in [2.24, 2.45) is 10.8 Å². The van der Waals surface area contributed by atoms with Gasteiger partial charge in [-0.15, -0.1) is 0 Å². The predicted octanol–water partition coefficient (Wildman–Crippen LogP) is 6.03. The van der Waals surface area contributed by atoms with E-state index in [9.17, 15) is 23.4 Å². The van der Waals surface area contributed by atoms with Crippen LogP contribution in [0.15, 0.2) is 11.8 Å². The summed E-state index contributed by atoms with van der Waals surface area (Å²) in [6, 6.07) is 1.34. The van der Waals surface area contributed by atoms with Gasteiger partial charge in [0.1, 0.15) is 26.7 Å². The number of aromatic nitrogens is 2. The Labute approximate surface area is 240 Å². The number of unbranched alkanes of at least 4 members (excludes halogenated alkanes) is 2. The Morgan fingerprint density at radius 3 is 2.35 bits per heavy atom. The molecule has 0 radical (unpaired) electrons. The lowest BCUT2D eigenvalue weighted by Crippen LogP contribution is -2.45. The van der Waals surface area contributed by atoms with Crippen LogP contribution in [0.5, 0.6) is 11.5 Å². The molecule has 0 aliphatic carbocycles. The highest BCUT2D eigenvalue weighted by Crippen LogP contribution is 2.43. The molecule has 0 saturated carbocycles. The Morgan fingerprint density at radius 2 is 1.77 bits per heavy atom. The topological polar surface area (TPSA) is 130 Å². The number of nitrogens with zero attached hydrogens (tertiary/aromatic N) is 3. The lowest BCUT2D eigenvalue weighted by atomic mass is 9.84. The number of ether oxygens (including phenoxy) is 1. The highest BCUT2D eigenvalue weighted by Gasteiger charge is 2.47. The van der Waals surface area contributed by atoms with Gasteiger partial charge in [-0.25, -0.2) is 18.1 Å². The van der Waals surface area contributed by atoms with Gasteiger partial charge in [0, 0.05) is 18.6 Å². The second kappa shape index (κ2) is 12.2. The van der Waals surface area contributed by atoms with E-state index < -0.39 is 21.3 Å². The number of aryl methyl sites for hydroxylation is 1. The van der Waals surface area contributed by atoms with Gasteiger partial charge in [0.25, 0.3) is 5.91 Å². The third kappa shape index (κ3) is 7.64. The van der Waals surface area contributed by atoms with Crippen molar-refractivity contribution in [3.63, 3.8) is 0 Å². The van der Waals surface area contributed by atoms with E-state index in [0.717, 1.165) is 11.5 Å². The fourth-order valence-corrected chi connectivity index (χ4v) is 6.49. The first-order chi connectivity index (χ1) is 18.4. The summed E-state index contributed by atoms with van der Waals surface area (Å²) >= 11 is 0. The van der Waals surface area contributed by atoms with Crippen molar-refractivity contribution in [3.8, 4) is 11.5 Å². The van der Waals surface area contributed by atoms with Crippen LogP contribution >= 0.6 is 8.35 Å². The zero-order chi connectivity index (χ0) is 30.0. The Balaban J connectivity index is 1.99. The molecule has 3 rings (SSSR count). The van der Waals surface area contributed by atoms with E-state index in [0.29, 0.717) is 58.3 Å². The summed E-state index contributed by atoms with van der Waals surface area (Å²) < 4.78 is 33.2. The second-order valence-corrected chi connectivity index (χ2v) is 16.1. The molecular weight excluding hydrogens is 549 g/mol. The van der Waals surface area contributed by atoms with Gasteiger partial charge in [0.2, 0.25) is 0 Å². The molecule has 1 unspecified atom stereocenters. The smallest absolute Gasteiger partial charge is 0.261 e. The van der Waals surface area contributed by atoms with Crippen molar-refractivity contribution in [1.82, 2.24) is 14.6 Å². The maximum absolute atomic E-state index is 13.7. The molecule has 0 saturated heterocycles. The number of carbonyl (C=O) groups is 1. The summed E-state index contributed by atoms with van der Waals surface area (Å²) in [5, 5.41) is 23.2. The summed E-state index contributed by atoms with van der Waals surface area (Å²) in [6.07, 6.45) is 4.55. The molecule has 1 amide bonds. The molecule has 9 nitrogen and oxygen atoms in total. The minimum absolute atomic E-state index is 0.0146. The number of hydrogen-bond donors (Lipinski definition) is 2. The number of benzene rings is 1. The molecule has 1 aliphatic heterocycles. The van der Waals surface area contributed by atoms with Crippen molar-refractivity contribution in [2.75, 3.05) is 25.2 Å². The second-order valence-electron chi connectivity index (χ2n) is 12.9. The Morgan fingerprint density at radius 1 is 1.10 bits per heavy atom. The van der Waals surface area contributed by atoms with E-state index in [1.807, 2.05) is 33.8 Å². The van der Waals surface area contributed by atoms with E-state index in [2.05, 4.69) is 30.5 Å². The number of amides is 1. The minimum Gasteiger partial charge on any atom is -0.509 e. The number of aliphatic hydroxyl groups is 1. The number of phenolic OH excluding ortho intramolecular Hbond substituents is 1. The van der Waals surface area contributed by atoms with Gasteiger partial charge in [-0.3, -0.25) is 4.79 Å². The lowest BCUT2D eigenvalue weighted by Gasteiger charge is -2.36. The first kappa shape index (κ1) is 32.1. The highest BCUT2D eigenvalue weighted by atomic mass is 32.2. The zero-order valence-corrected chi connectivity index (χ0v) is 26.7.